The number of halogens is 1. The smallest absolute Gasteiger partial charge is 0.214 e. The Bertz CT molecular complexity index is 287. The summed E-state index contributed by atoms with van der Waals surface area (Å²) in [6.45, 7) is 1.49. The standard InChI is InChI=1S/C9H10INO2/c10-8-2-1-3-9(11-8)13-7-4-5-12-6-7/h1-3,7H,4-6H2. The van der Waals surface area contributed by atoms with E-state index in [1.54, 1.807) is 0 Å². The first-order valence-corrected chi connectivity index (χ1v) is 5.29. The average molecular weight is 291 g/mol. The molecule has 4 heteroatoms. The zero-order valence-corrected chi connectivity index (χ0v) is 9.23. The van der Waals surface area contributed by atoms with Gasteiger partial charge in [0.15, 0.2) is 0 Å². The molecular formula is C9H10INO2. The number of nitrogens with zero attached hydrogens (tertiary/aromatic N) is 1. The van der Waals surface area contributed by atoms with E-state index in [1.807, 2.05) is 18.2 Å². The van der Waals surface area contributed by atoms with Crippen molar-refractivity contribution >= 4 is 22.6 Å². The number of aromatic nitrogens is 1. The lowest BCUT2D eigenvalue weighted by molar-refractivity contribution is 0.138. The van der Waals surface area contributed by atoms with Gasteiger partial charge in [-0.25, -0.2) is 4.98 Å². The summed E-state index contributed by atoms with van der Waals surface area (Å²) in [7, 11) is 0. The first-order valence-electron chi connectivity index (χ1n) is 4.21. The zero-order valence-electron chi connectivity index (χ0n) is 7.07. The van der Waals surface area contributed by atoms with Crippen molar-refractivity contribution in [1.29, 1.82) is 0 Å². The van der Waals surface area contributed by atoms with Crippen LogP contribution in [0.1, 0.15) is 6.42 Å². The maximum atomic E-state index is 5.62. The molecule has 0 N–H and O–H groups in total. The van der Waals surface area contributed by atoms with Crippen molar-refractivity contribution in [3.8, 4) is 5.88 Å². The van der Waals surface area contributed by atoms with Gasteiger partial charge in [-0.3, -0.25) is 0 Å². The Morgan fingerprint density at radius 2 is 2.46 bits per heavy atom. The van der Waals surface area contributed by atoms with Crippen LogP contribution in [-0.2, 0) is 4.74 Å². The molecule has 0 amide bonds. The molecule has 0 aliphatic carbocycles. The van der Waals surface area contributed by atoms with E-state index in [0.717, 1.165) is 16.7 Å². The summed E-state index contributed by atoms with van der Waals surface area (Å²) in [5, 5.41) is 0. The second-order valence-electron chi connectivity index (χ2n) is 2.90. The molecule has 0 spiro atoms. The Balaban J connectivity index is 2.00. The first-order chi connectivity index (χ1) is 6.34. The predicted molar refractivity (Wildman–Crippen MR) is 56.8 cm³/mol. The largest absolute Gasteiger partial charge is 0.472 e. The van der Waals surface area contributed by atoms with Gasteiger partial charge in [0.1, 0.15) is 9.80 Å². The van der Waals surface area contributed by atoms with E-state index >= 15 is 0 Å². The number of ether oxygens (including phenoxy) is 2. The Morgan fingerprint density at radius 3 is 3.15 bits per heavy atom. The van der Waals surface area contributed by atoms with Crippen molar-refractivity contribution in [2.24, 2.45) is 0 Å². The normalized spacial score (nSPS) is 21.8. The average Bonchev–Trinajstić information content (AvgIpc) is 2.57. The van der Waals surface area contributed by atoms with Gasteiger partial charge in [-0.1, -0.05) is 6.07 Å². The van der Waals surface area contributed by atoms with Crippen molar-refractivity contribution in [3.05, 3.63) is 21.9 Å². The third kappa shape index (κ3) is 2.54. The van der Waals surface area contributed by atoms with E-state index in [9.17, 15) is 0 Å². The highest BCUT2D eigenvalue weighted by atomic mass is 127. The van der Waals surface area contributed by atoms with Crippen molar-refractivity contribution in [1.82, 2.24) is 4.98 Å². The van der Waals surface area contributed by atoms with Crippen LogP contribution in [0.25, 0.3) is 0 Å². The summed E-state index contributed by atoms with van der Waals surface area (Å²) in [6, 6.07) is 5.76. The highest BCUT2D eigenvalue weighted by Gasteiger charge is 2.17. The van der Waals surface area contributed by atoms with Gasteiger partial charge in [0, 0.05) is 12.5 Å². The molecule has 1 saturated heterocycles. The lowest BCUT2D eigenvalue weighted by Gasteiger charge is -2.10. The minimum Gasteiger partial charge on any atom is -0.472 e. The first kappa shape index (κ1) is 9.21. The molecule has 1 atom stereocenters. The summed E-state index contributed by atoms with van der Waals surface area (Å²) in [5.41, 5.74) is 0. The van der Waals surface area contributed by atoms with Gasteiger partial charge in [-0.15, -0.1) is 0 Å². The Kier molecular flexibility index (Phi) is 3.00. The van der Waals surface area contributed by atoms with Crippen LogP contribution in [0.2, 0.25) is 0 Å². The molecule has 1 aliphatic heterocycles. The summed E-state index contributed by atoms with van der Waals surface area (Å²) in [4.78, 5) is 4.25. The monoisotopic (exact) mass is 291 g/mol. The molecule has 3 nitrogen and oxygen atoms in total. The molecule has 2 rings (SSSR count). The Labute approximate surface area is 90.6 Å². The molecule has 1 aromatic rings. The van der Waals surface area contributed by atoms with Gasteiger partial charge in [-0.05, 0) is 28.7 Å². The van der Waals surface area contributed by atoms with E-state index in [1.165, 1.54) is 0 Å². The minimum atomic E-state index is 0.186. The van der Waals surface area contributed by atoms with Crippen LogP contribution in [0.15, 0.2) is 18.2 Å². The van der Waals surface area contributed by atoms with Crippen LogP contribution >= 0.6 is 22.6 Å². The molecule has 1 unspecified atom stereocenters. The van der Waals surface area contributed by atoms with Crippen LogP contribution in [0.5, 0.6) is 5.88 Å². The summed E-state index contributed by atoms with van der Waals surface area (Å²) in [6.07, 6.45) is 1.15. The van der Waals surface area contributed by atoms with Crippen LogP contribution < -0.4 is 4.74 Å². The van der Waals surface area contributed by atoms with Crippen LogP contribution in [0.3, 0.4) is 0 Å². The van der Waals surface area contributed by atoms with E-state index in [4.69, 9.17) is 9.47 Å². The number of hydrogen-bond donors (Lipinski definition) is 0. The van der Waals surface area contributed by atoms with Gasteiger partial charge in [0.2, 0.25) is 5.88 Å². The lowest BCUT2D eigenvalue weighted by atomic mass is 10.3. The SMILES string of the molecule is Ic1cccc(OC2CCOC2)n1. The van der Waals surface area contributed by atoms with Gasteiger partial charge in [-0.2, -0.15) is 0 Å². The molecule has 0 radical (unpaired) electrons. The van der Waals surface area contributed by atoms with E-state index in [2.05, 4.69) is 27.6 Å². The van der Waals surface area contributed by atoms with Gasteiger partial charge in [0.25, 0.3) is 0 Å². The Hall–Kier alpha value is -0.360. The highest BCUT2D eigenvalue weighted by molar-refractivity contribution is 14.1. The molecule has 0 bridgehead atoms. The maximum absolute atomic E-state index is 5.62. The van der Waals surface area contributed by atoms with Gasteiger partial charge >= 0.3 is 0 Å². The van der Waals surface area contributed by atoms with Crippen LogP contribution in [-0.4, -0.2) is 24.3 Å². The second-order valence-corrected chi connectivity index (χ2v) is 4.01. The molecule has 0 saturated carbocycles. The fourth-order valence-electron chi connectivity index (χ4n) is 1.23. The van der Waals surface area contributed by atoms with Crippen molar-refractivity contribution in [2.45, 2.75) is 12.5 Å². The Morgan fingerprint density at radius 1 is 1.54 bits per heavy atom. The number of hydrogen-bond acceptors (Lipinski definition) is 3. The van der Waals surface area contributed by atoms with E-state index in [0.29, 0.717) is 12.5 Å². The topological polar surface area (TPSA) is 31.4 Å². The van der Waals surface area contributed by atoms with E-state index < -0.39 is 0 Å². The molecule has 13 heavy (non-hydrogen) atoms. The van der Waals surface area contributed by atoms with Crippen molar-refractivity contribution in [3.63, 3.8) is 0 Å². The fourth-order valence-corrected chi connectivity index (χ4v) is 1.68. The van der Waals surface area contributed by atoms with E-state index in [-0.39, 0.29) is 6.10 Å². The molecule has 70 valence electrons. The van der Waals surface area contributed by atoms with Crippen LogP contribution in [0, 0.1) is 3.70 Å². The second kappa shape index (κ2) is 4.23. The van der Waals surface area contributed by atoms with Gasteiger partial charge < -0.3 is 9.47 Å². The third-order valence-electron chi connectivity index (χ3n) is 1.86. The summed E-state index contributed by atoms with van der Waals surface area (Å²) < 4.78 is 11.8. The molecule has 0 aromatic carbocycles. The molecule has 1 aromatic heterocycles. The molecule has 2 heterocycles. The van der Waals surface area contributed by atoms with Crippen molar-refractivity contribution in [2.75, 3.05) is 13.2 Å². The summed E-state index contributed by atoms with van der Waals surface area (Å²) >= 11 is 2.17. The minimum absolute atomic E-state index is 0.186. The molecule has 1 aliphatic rings. The zero-order chi connectivity index (χ0) is 9.10. The third-order valence-corrected chi connectivity index (χ3v) is 2.47. The highest BCUT2D eigenvalue weighted by Crippen LogP contribution is 2.15. The number of rotatable bonds is 2. The lowest BCUT2D eigenvalue weighted by Crippen LogP contribution is -2.16. The molecular weight excluding hydrogens is 281 g/mol. The quantitative estimate of drug-likeness (QED) is 0.615. The number of pyridine rings is 1. The molecule has 1 fully saturated rings. The van der Waals surface area contributed by atoms with Crippen molar-refractivity contribution < 1.29 is 9.47 Å². The fraction of sp³-hybridized carbons (Fsp3) is 0.444. The predicted octanol–water partition coefficient (Wildman–Crippen LogP) is 1.85. The summed E-state index contributed by atoms with van der Waals surface area (Å²) in [5.74, 6) is 0.697. The maximum Gasteiger partial charge on any atom is 0.214 e. The van der Waals surface area contributed by atoms with Crippen LogP contribution in [0.4, 0.5) is 0 Å². The van der Waals surface area contributed by atoms with Gasteiger partial charge in [0.05, 0.1) is 13.2 Å².